The normalized spacial score (nSPS) is 27.6. The lowest BCUT2D eigenvalue weighted by Crippen LogP contribution is -2.08. The summed E-state index contributed by atoms with van der Waals surface area (Å²) in [7, 11) is 0. The molecule has 3 rings (SSSR count). The number of nitrogens with one attached hydrogen (secondary N) is 1. The Labute approximate surface area is 90.9 Å². The fraction of sp³-hybridized carbons (Fsp3) is 0.750. The third-order valence-electron chi connectivity index (χ3n) is 3.85. The Balaban J connectivity index is 1.74. The van der Waals surface area contributed by atoms with E-state index in [1.165, 1.54) is 44.2 Å². The first-order chi connectivity index (χ1) is 7.43. The highest BCUT2D eigenvalue weighted by Gasteiger charge is 2.21. The second-order valence-electron chi connectivity index (χ2n) is 4.88. The molecule has 0 amide bonds. The highest BCUT2D eigenvalue weighted by molar-refractivity contribution is 5.14. The Hall–Kier alpha value is -0.830. The molecule has 82 valence electrons. The van der Waals surface area contributed by atoms with Crippen LogP contribution >= 0.6 is 0 Å². The first-order valence-corrected chi connectivity index (χ1v) is 6.18. The summed E-state index contributed by atoms with van der Waals surface area (Å²) < 4.78 is 2.21. The molecule has 1 saturated heterocycles. The van der Waals surface area contributed by atoms with Crippen LogP contribution in [0, 0.1) is 0 Å². The van der Waals surface area contributed by atoms with E-state index in [-0.39, 0.29) is 0 Å². The molecule has 2 fully saturated rings. The van der Waals surface area contributed by atoms with Gasteiger partial charge in [-0.2, -0.15) is 5.10 Å². The lowest BCUT2D eigenvalue weighted by atomic mass is 10.0. The van der Waals surface area contributed by atoms with E-state index in [2.05, 4.69) is 27.5 Å². The van der Waals surface area contributed by atoms with Gasteiger partial charge in [-0.15, -0.1) is 0 Å². The molecular formula is C12H19N3. The molecule has 1 aliphatic carbocycles. The van der Waals surface area contributed by atoms with Crippen molar-refractivity contribution in [3.05, 3.63) is 18.0 Å². The minimum atomic E-state index is 0.688. The number of aromatic nitrogens is 2. The van der Waals surface area contributed by atoms with Crippen LogP contribution in [-0.4, -0.2) is 22.9 Å². The van der Waals surface area contributed by atoms with Gasteiger partial charge in [0.2, 0.25) is 0 Å². The quantitative estimate of drug-likeness (QED) is 0.801. The van der Waals surface area contributed by atoms with Crippen LogP contribution in [-0.2, 0) is 0 Å². The molecule has 3 heteroatoms. The SMILES string of the molecule is c1nn(C2CCCC2)cc1C1CCNC1. The second kappa shape index (κ2) is 3.97. The monoisotopic (exact) mass is 205 g/mol. The topological polar surface area (TPSA) is 29.9 Å². The number of hydrogen-bond donors (Lipinski definition) is 1. The molecule has 3 nitrogen and oxygen atoms in total. The maximum Gasteiger partial charge on any atom is 0.0525 e. The van der Waals surface area contributed by atoms with E-state index >= 15 is 0 Å². The Morgan fingerprint density at radius 3 is 2.87 bits per heavy atom. The van der Waals surface area contributed by atoms with Gasteiger partial charge < -0.3 is 5.32 Å². The summed E-state index contributed by atoms with van der Waals surface area (Å²) in [5, 5.41) is 7.94. The zero-order valence-corrected chi connectivity index (χ0v) is 9.15. The van der Waals surface area contributed by atoms with Gasteiger partial charge in [-0.3, -0.25) is 4.68 Å². The fourth-order valence-corrected chi connectivity index (χ4v) is 2.87. The van der Waals surface area contributed by atoms with Gasteiger partial charge in [0.05, 0.1) is 12.2 Å². The van der Waals surface area contributed by atoms with Gasteiger partial charge in [0.25, 0.3) is 0 Å². The Kier molecular flexibility index (Phi) is 2.49. The number of hydrogen-bond acceptors (Lipinski definition) is 2. The molecule has 0 bridgehead atoms. The van der Waals surface area contributed by atoms with Gasteiger partial charge >= 0.3 is 0 Å². The zero-order valence-electron chi connectivity index (χ0n) is 9.15. The van der Waals surface area contributed by atoms with Crippen molar-refractivity contribution in [2.75, 3.05) is 13.1 Å². The van der Waals surface area contributed by atoms with Crippen LogP contribution < -0.4 is 5.32 Å². The summed E-state index contributed by atoms with van der Waals surface area (Å²) in [6, 6.07) is 0.688. The Morgan fingerprint density at radius 1 is 1.27 bits per heavy atom. The first-order valence-electron chi connectivity index (χ1n) is 6.18. The molecule has 0 spiro atoms. The van der Waals surface area contributed by atoms with E-state index in [0.717, 1.165) is 6.54 Å². The van der Waals surface area contributed by atoms with E-state index in [0.29, 0.717) is 12.0 Å². The van der Waals surface area contributed by atoms with Crippen molar-refractivity contribution in [2.24, 2.45) is 0 Å². The standard InChI is InChI=1S/C12H19N3/c1-2-4-12(3-1)15-9-11(8-14-15)10-5-6-13-7-10/h8-10,12-13H,1-7H2. The van der Waals surface area contributed by atoms with E-state index in [1.54, 1.807) is 0 Å². The number of nitrogens with zero attached hydrogens (tertiary/aromatic N) is 2. The van der Waals surface area contributed by atoms with Crippen molar-refractivity contribution in [2.45, 2.75) is 44.1 Å². The molecule has 0 aromatic carbocycles. The third-order valence-corrected chi connectivity index (χ3v) is 3.85. The maximum absolute atomic E-state index is 4.53. The van der Waals surface area contributed by atoms with Crippen LogP contribution in [0.4, 0.5) is 0 Å². The molecule has 1 aliphatic heterocycles. The molecule has 2 aliphatic rings. The zero-order chi connectivity index (χ0) is 10.1. The van der Waals surface area contributed by atoms with Crippen LogP contribution in [0.2, 0.25) is 0 Å². The molecule has 0 radical (unpaired) electrons. The largest absolute Gasteiger partial charge is 0.316 e. The highest BCUT2D eigenvalue weighted by atomic mass is 15.3. The fourth-order valence-electron chi connectivity index (χ4n) is 2.87. The molecule has 1 aromatic rings. The molecule has 1 aromatic heterocycles. The minimum Gasteiger partial charge on any atom is -0.316 e. The summed E-state index contributed by atoms with van der Waals surface area (Å²) in [5.41, 5.74) is 1.44. The smallest absolute Gasteiger partial charge is 0.0525 e. The molecule has 1 saturated carbocycles. The van der Waals surface area contributed by atoms with Gasteiger partial charge in [0.1, 0.15) is 0 Å². The maximum atomic E-state index is 4.53. The molecule has 1 N–H and O–H groups in total. The number of rotatable bonds is 2. The lowest BCUT2D eigenvalue weighted by molar-refractivity contribution is 0.466. The third kappa shape index (κ3) is 1.81. The summed E-state index contributed by atoms with van der Waals surface area (Å²) in [6.07, 6.45) is 11.0. The van der Waals surface area contributed by atoms with Crippen molar-refractivity contribution < 1.29 is 0 Å². The molecule has 1 atom stereocenters. The van der Waals surface area contributed by atoms with E-state index in [9.17, 15) is 0 Å². The highest BCUT2D eigenvalue weighted by Crippen LogP contribution is 2.30. The molecule has 2 heterocycles. The minimum absolute atomic E-state index is 0.688. The van der Waals surface area contributed by atoms with Crippen molar-refractivity contribution in [3.8, 4) is 0 Å². The van der Waals surface area contributed by atoms with Gasteiger partial charge in [-0.05, 0) is 31.4 Å². The Bertz CT molecular complexity index is 289. The van der Waals surface area contributed by atoms with Crippen molar-refractivity contribution in [1.29, 1.82) is 0 Å². The van der Waals surface area contributed by atoms with Gasteiger partial charge in [0.15, 0.2) is 0 Å². The van der Waals surface area contributed by atoms with Crippen molar-refractivity contribution in [1.82, 2.24) is 15.1 Å². The van der Waals surface area contributed by atoms with E-state index in [4.69, 9.17) is 0 Å². The van der Waals surface area contributed by atoms with E-state index < -0.39 is 0 Å². The lowest BCUT2D eigenvalue weighted by Gasteiger charge is -2.09. The first kappa shape index (κ1) is 9.40. The Morgan fingerprint density at radius 2 is 2.13 bits per heavy atom. The second-order valence-corrected chi connectivity index (χ2v) is 4.88. The van der Waals surface area contributed by atoms with Crippen LogP contribution in [0.5, 0.6) is 0 Å². The van der Waals surface area contributed by atoms with Crippen LogP contribution in [0.3, 0.4) is 0 Å². The molecular weight excluding hydrogens is 186 g/mol. The van der Waals surface area contributed by atoms with Crippen LogP contribution in [0.15, 0.2) is 12.4 Å². The molecule has 15 heavy (non-hydrogen) atoms. The van der Waals surface area contributed by atoms with Crippen molar-refractivity contribution >= 4 is 0 Å². The molecule has 1 unspecified atom stereocenters. The summed E-state index contributed by atoms with van der Waals surface area (Å²) in [5.74, 6) is 0.708. The average Bonchev–Trinajstić information content (AvgIpc) is 3.02. The van der Waals surface area contributed by atoms with E-state index in [1.807, 2.05) is 0 Å². The van der Waals surface area contributed by atoms with Crippen LogP contribution in [0.25, 0.3) is 0 Å². The predicted octanol–water partition coefficient (Wildman–Crippen LogP) is 2.08. The summed E-state index contributed by atoms with van der Waals surface area (Å²) in [4.78, 5) is 0. The van der Waals surface area contributed by atoms with Crippen molar-refractivity contribution in [3.63, 3.8) is 0 Å². The van der Waals surface area contributed by atoms with Crippen LogP contribution in [0.1, 0.15) is 49.6 Å². The summed E-state index contributed by atoms with van der Waals surface area (Å²) >= 11 is 0. The summed E-state index contributed by atoms with van der Waals surface area (Å²) in [6.45, 7) is 2.30. The average molecular weight is 205 g/mol. The van der Waals surface area contributed by atoms with Gasteiger partial charge in [-0.1, -0.05) is 12.8 Å². The van der Waals surface area contributed by atoms with Gasteiger partial charge in [-0.25, -0.2) is 0 Å². The van der Waals surface area contributed by atoms with Gasteiger partial charge in [0, 0.05) is 18.7 Å². The predicted molar refractivity (Wildman–Crippen MR) is 60.0 cm³/mol.